The number of amides is 2. The number of benzene rings is 2. The van der Waals surface area contributed by atoms with Gasteiger partial charge in [-0.2, -0.15) is 0 Å². The summed E-state index contributed by atoms with van der Waals surface area (Å²) >= 11 is 5.83. The van der Waals surface area contributed by atoms with E-state index in [1.54, 1.807) is 30.3 Å². The molecule has 128 valence electrons. The van der Waals surface area contributed by atoms with Gasteiger partial charge in [0.2, 0.25) is 5.91 Å². The molecule has 1 fully saturated rings. The highest BCUT2D eigenvalue weighted by atomic mass is 35.5. The van der Waals surface area contributed by atoms with Crippen LogP contribution in [0.3, 0.4) is 0 Å². The number of carbonyl (C=O) groups excluding carboxylic acids is 2. The lowest BCUT2D eigenvalue weighted by molar-refractivity contribution is -0.384. The maximum absolute atomic E-state index is 12.5. The van der Waals surface area contributed by atoms with E-state index in [0.29, 0.717) is 10.7 Å². The zero-order valence-corrected chi connectivity index (χ0v) is 13.8. The molecule has 1 heterocycles. The van der Waals surface area contributed by atoms with Crippen LogP contribution in [0.5, 0.6) is 0 Å². The molecule has 1 N–H and O–H groups in total. The molecule has 1 aliphatic heterocycles. The van der Waals surface area contributed by atoms with Crippen LogP contribution >= 0.6 is 11.6 Å². The summed E-state index contributed by atoms with van der Waals surface area (Å²) in [6, 6.07) is 12.0. The third-order valence-electron chi connectivity index (χ3n) is 3.90. The van der Waals surface area contributed by atoms with Gasteiger partial charge < -0.3 is 5.32 Å². The van der Waals surface area contributed by atoms with E-state index in [2.05, 4.69) is 5.32 Å². The predicted octanol–water partition coefficient (Wildman–Crippen LogP) is 2.99. The lowest BCUT2D eigenvalue weighted by Crippen LogP contribution is -2.34. The fourth-order valence-corrected chi connectivity index (χ4v) is 2.77. The van der Waals surface area contributed by atoms with E-state index in [9.17, 15) is 19.7 Å². The van der Waals surface area contributed by atoms with Gasteiger partial charge in [-0.25, -0.2) is 0 Å². The summed E-state index contributed by atoms with van der Waals surface area (Å²) in [5, 5.41) is 14.3. The number of anilines is 1. The Morgan fingerprint density at radius 2 is 1.92 bits per heavy atom. The van der Waals surface area contributed by atoms with E-state index in [-0.39, 0.29) is 30.5 Å². The molecule has 1 saturated heterocycles. The van der Waals surface area contributed by atoms with Crippen molar-refractivity contribution in [3.63, 3.8) is 0 Å². The monoisotopic (exact) mass is 359 g/mol. The third kappa shape index (κ3) is 3.77. The van der Waals surface area contributed by atoms with E-state index in [1.165, 1.54) is 23.1 Å². The van der Waals surface area contributed by atoms with Gasteiger partial charge >= 0.3 is 0 Å². The second kappa shape index (κ2) is 6.90. The van der Waals surface area contributed by atoms with Gasteiger partial charge in [0.05, 0.1) is 17.9 Å². The number of nitro benzene ring substituents is 1. The molecule has 1 atom stereocenters. The summed E-state index contributed by atoms with van der Waals surface area (Å²) in [6.45, 7) is 0.169. The Labute approximate surface area is 148 Å². The zero-order chi connectivity index (χ0) is 18.0. The molecule has 0 aliphatic carbocycles. The molecule has 7 nitrogen and oxygen atoms in total. The number of imide groups is 1. The summed E-state index contributed by atoms with van der Waals surface area (Å²) < 4.78 is 0. The van der Waals surface area contributed by atoms with E-state index in [4.69, 9.17) is 11.6 Å². The molecule has 0 unspecified atom stereocenters. The van der Waals surface area contributed by atoms with Gasteiger partial charge in [-0.3, -0.25) is 24.6 Å². The van der Waals surface area contributed by atoms with Crippen LogP contribution in [-0.4, -0.2) is 27.7 Å². The van der Waals surface area contributed by atoms with Gasteiger partial charge in [-0.05, 0) is 23.8 Å². The first-order valence-corrected chi connectivity index (χ1v) is 7.91. The number of rotatable bonds is 5. The van der Waals surface area contributed by atoms with Gasteiger partial charge in [0.1, 0.15) is 6.04 Å². The number of nitro groups is 1. The van der Waals surface area contributed by atoms with Gasteiger partial charge in [0.25, 0.3) is 11.6 Å². The fraction of sp³-hybridized carbons (Fsp3) is 0.176. The van der Waals surface area contributed by atoms with Gasteiger partial charge in [0, 0.05) is 22.8 Å². The Morgan fingerprint density at radius 3 is 2.60 bits per heavy atom. The second-order valence-electron chi connectivity index (χ2n) is 5.65. The SMILES string of the molecule is O=C1C[C@H](Nc2cccc([N+](=O)[O-])c2)C(=O)N1Cc1ccc(Cl)cc1. The smallest absolute Gasteiger partial charge is 0.271 e. The molecule has 0 aromatic heterocycles. The predicted molar refractivity (Wildman–Crippen MR) is 92.1 cm³/mol. The molecule has 3 rings (SSSR count). The normalized spacial score (nSPS) is 17.0. The summed E-state index contributed by atoms with van der Waals surface area (Å²) in [7, 11) is 0. The molecule has 0 saturated carbocycles. The van der Waals surface area contributed by atoms with Crippen molar-refractivity contribution in [1.29, 1.82) is 0 Å². The molecule has 0 bridgehead atoms. The van der Waals surface area contributed by atoms with Gasteiger partial charge in [-0.15, -0.1) is 0 Å². The Bertz CT molecular complexity index is 838. The first-order valence-electron chi connectivity index (χ1n) is 7.53. The van der Waals surface area contributed by atoms with E-state index in [1.807, 2.05) is 0 Å². The number of likely N-dealkylation sites (tertiary alicyclic amines) is 1. The van der Waals surface area contributed by atoms with Crippen molar-refractivity contribution < 1.29 is 14.5 Å². The highest BCUT2D eigenvalue weighted by Gasteiger charge is 2.38. The minimum Gasteiger partial charge on any atom is -0.373 e. The molecule has 8 heteroatoms. The third-order valence-corrected chi connectivity index (χ3v) is 4.15. The summed E-state index contributed by atoms with van der Waals surface area (Å²) in [4.78, 5) is 36.1. The number of carbonyl (C=O) groups is 2. The van der Waals surface area contributed by atoms with Crippen LogP contribution in [0.15, 0.2) is 48.5 Å². The summed E-state index contributed by atoms with van der Waals surface area (Å²) in [5.74, 6) is -0.644. The standard InChI is InChI=1S/C17H14ClN3O4/c18-12-6-4-11(5-7-12)10-20-16(22)9-15(17(20)23)19-13-2-1-3-14(8-13)21(24)25/h1-8,15,19H,9-10H2/t15-/m0/s1. The van der Waals surface area contributed by atoms with Crippen LogP contribution in [0.25, 0.3) is 0 Å². The topological polar surface area (TPSA) is 92.5 Å². The van der Waals surface area contributed by atoms with Crippen molar-refractivity contribution in [2.24, 2.45) is 0 Å². The van der Waals surface area contributed by atoms with Crippen molar-refractivity contribution in [2.75, 3.05) is 5.32 Å². The maximum atomic E-state index is 12.5. The number of hydrogen-bond donors (Lipinski definition) is 1. The molecule has 2 aromatic rings. The largest absolute Gasteiger partial charge is 0.373 e. The second-order valence-corrected chi connectivity index (χ2v) is 6.09. The fourth-order valence-electron chi connectivity index (χ4n) is 2.64. The summed E-state index contributed by atoms with van der Waals surface area (Å²) in [5.41, 5.74) is 1.13. The van der Waals surface area contributed by atoms with Crippen molar-refractivity contribution in [3.05, 3.63) is 69.2 Å². The number of halogens is 1. The zero-order valence-electron chi connectivity index (χ0n) is 13.0. The van der Waals surface area contributed by atoms with E-state index < -0.39 is 11.0 Å². The lowest BCUT2D eigenvalue weighted by Gasteiger charge is -2.16. The number of hydrogen-bond acceptors (Lipinski definition) is 5. The Morgan fingerprint density at radius 1 is 1.20 bits per heavy atom. The molecule has 0 spiro atoms. The Balaban J connectivity index is 1.71. The van der Waals surface area contributed by atoms with E-state index in [0.717, 1.165) is 5.56 Å². The average Bonchev–Trinajstić information content (AvgIpc) is 2.84. The minimum atomic E-state index is -0.734. The first-order chi connectivity index (χ1) is 11.9. The van der Waals surface area contributed by atoms with Gasteiger partial charge in [0.15, 0.2) is 0 Å². The maximum Gasteiger partial charge on any atom is 0.271 e. The number of nitrogens with one attached hydrogen (secondary N) is 1. The molecule has 0 radical (unpaired) electrons. The lowest BCUT2D eigenvalue weighted by atomic mass is 10.2. The van der Waals surface area contributed by atoms with Crippen molar-refractivity contribution in [3.8, 4) is 0 Å². The molecular formula is C17H14ClN3O4. The average molecular weight is 360 g/mol. The highest BCUT2D eigenvalue weighted by molar-refractivity contribution is 6.30. The van der Waals surface area contributed by atoms with Crippen molar-refractivity contribution >= 4 is 34.8 Å². The molecule has 2 aromatic carbocycles. The number of nitrogens with zero attached hydrogens (tertiary/aromatic N) is 2. The van der Waals surface area contributed by atoms with Crippen LogP contribution in [-0.2, 0) is 16.1 Å². The molecular weight excluding hydrogens is 346 g/mol. The molecule has 1 aliphatic rings. The number of non-ortho nitro benzene ring substituents is 1. The first kappa shape index (κ1) is 16.9. The highest BCUT2D eigenvalue weighted by Crippen LogP contribution is 2.23. The van der Waals surface area contributed by atoms with Crippen LogP contribution in [0.1, 0.15) is 12.0 Å². The molecule has 2 amide bonds. The minimum absolute atomic E-state index is 0.00904. The van der Waals surface area contributed by atoms with Gasteiger partial charge in [-0.1, -0.05) is 29.8 Å². The van der Waals surface area contributed by atoms with Crippen molar-refractivity contribution in [2.45, 2.75) is 19.0 Å². The van der Waals surface area contributed by atoms with Crippen LogP contribution in [0.2, 0.25) is 5.02 Å². The quantitative estimate of drug-likeness (QED) is 0.503. The molecule has 25 heavy (non-hydrogen) atoms. The van der Waals surface area contributed by atoms with E-state index >= 15 is 0 Å². The Hall–Kier alpha value is -2.93. The van der Waals surface area contributed by atoms with Crippen LogP contribution < -0.4 is 5.32 Å². The van der Waals surface area contributed by atoms with Crippen LogP contribution in [0, 0.1) is 10.1 Å². The Kier molecular flexibility index (Phi) is 4.67. The summed E-state index contributed by atoms with van der Waals surface area (Å²) in [6.07, 6.45) is 0.00904. The van der Waals surface area contributed by atoms with Crippen molar-refractivity contribution in [1.82, 2.24) is 4.90 Å². The van der Waals surface area contributed by atoms with Crippen LogP contribution in [0.4, 0.5) is 11.4 Å².